The molecular formula is C11H20BrNO3. The molecule has 1 fully saturated rings. The lowest BCUT2D eigenvalue weighted by atomic mass is 10.1. The molecule has 0 aromatic rings. The monoisotopic (exact) mass is 293 g/mol. The Morgan fingerprint density at radius 3 is 3.06 bits per heavy atom. The Morgan fingerprint density at radius 1 is 1.69 bits per heavy atom. The van der Waals surface area contributed by atoms with Crippen LogP contribution >= 0.6 is 15.9 Å². The molecule has 0 radical (unpaired) electrons. The molecule has 1 saturated heterocycles. The molecule has 1 aliphatic rings. The number of methoxy groups -OCH3 is 1. The van der Waals surface area contributed by atoms with E-state index in [-0.39, 0.29) is 18.1 Å². The van der Waals surface area contributed by atoms with Crippen LogP contribution in [0.15, 0.2) is 0 Å². The second-order valence-electron chi connectivity index (χ2n) is 4.05. The summed E-state index contributed by atoms with van der Waals surface area (Å²) in [5.41, 5.74) is 0. The first-order valence-electron chi connectivity index (χ1n) is 5.72. The third kappa shape index (κ3) is 5.27. The highest BCUT2D eigenvalue weighted by atomic mass is 79.9. The van der Waals surface area contributed by atoms with Gasteiger partial charge in [-0.2, -0.15) is 0 Å². The molecule has 2 unspecified atom stereocenters. The van der Waals surface area contributed by atoms with E-state index >= 15 is 0 Å². The number of carbonyl (C=O) groups excluding carboxylic acids is 1. The summed E-state index contributed by atoms with van der Waals surface area (Å²) in [4.78, 5) is 11.6. The van der Waals surface area contributed by atoms with Gasteiger partial charge >= 0.3 is 0 Å². The van der Waals surface area contributed by atoms with Gasteiger partial charge in [-0.25, -0.2) is 0 Å². The minimum Gasteiger partial charge on any atom is -0.383 e. The second kappa shape index (κ2) is 8.03. The molecule has 4 nitrogen and oxygen atoms in total. The minimum atomic E-state index is 0.0574. The zero-order valence-corrected chi connectivity index (χ0v) is 11.3. The Kier molecular flexibility index (Phi) is 7.00. The van der Waals surface area contributed by atoms with Crippen LogP contribution < -0.4 is 5.32 Å². The Morgan fingerprint density at radius 2 is 2.50 bits per heavy atom. The molecule has 0 aromatic heterocycles. The number of nitrogens with one attached hydrogen (secondary N) is 1. The maximum Gasteiger partial charge on any atom is 0.220 e. The smallest absolute Gasteiger partial charge is 0.220 e. The molecule has 1 amide bonds. The summed E-state index contributed by atoms with van der Waals surface area (Å²) in [7, 11) is 1.63. The van der Waals surface area contributed by atoms with Crippen molar-refractivity contribution >= 4 is 21.8 Å². The van der Waals surface area contributed by atoms with Crippen LogP contribution in [0.5, 0.6) is 0 Å². The highest BCUT2D eigenvalue weighted by Gasteiger charge is 2.17. The van der Waals surface area contributed by atoms with Crippen molar-refractivity contribution in [3.63, 3.8) is 0 Å². The summed E-state index contributed by atoms with van der Waals surface area (Å²) in [6.45, 7) is 1.39. The third-order valence-corrected chi connectivity index (χ3v) is 3.42. The molecule has 0 aliphatic carbocycles. The first kappa shape index (κ1) is 13.9. The van der Waals surface area contributed by atoms with Crippen LogP contribution in [-0.4, -0.2) is 43.7 Å². The molecule has 16 heavy (non-hydrogen) atoms. The molecule has 0 saturated carbocycles. The largest absolute Gasteiger partial charge is 0.383 e. The lowest BCUT2D eigenvalue weighted by Gasteiger charge is -2.16. The molecule has 94 valence electrons. The Balaban J connectivity index is 2.13. The standard InChI is InChI=1S/C11H20BrNO3/c1-15-8-9(7-12)13-11(14)5-4-10-3-2-6-16-10/h9-10H,2-8H2,1H3,(H,13,14). The van der Waals surface area contributed by atoms with Gasteiger partial charge in [0.2, 0.25) is 5.91 Å². The van der Waals surface area contributed by atoms with E-state index < -0.39 is 0 Å². The molecule has 1 heterocycles. The third-order valence-electron chi connectivity index (χ3n) is 2.64. The van der Waals surface area contributed by atoms with Crippen molar-refractivity contribution in [2.45, 2.75) is 37.8 Å². The van der Waals surface area contributed by atoms with Gasteiger partial charge in [-0.3, -0.25) is 4.79 Å². The van der Waals surface area contributed by atoms with E-state index in [0.717, 1.165) is 25.9 Å². The second-order valence-corrected chi connectivity index (χ2v) is 4.70. The summed E-state index contributed by atoms with van der Waals surface area (Å²) >= 11 is 3.34. The number of rotatable bonds is 7. The summed E-state index contributed by atoms with van der Waals surface area (Å²) < 4.78 is 10.5. The quantitative estimate of drug-likeness (QED) is 0.723. The number of alkyl halides is 1. The van der Waals surface area contributed by atoms with E-state index in [2.05, 4.69) is 21.2 Å². The van der Waals surface area contributed by atoms with Crippen molar-refractivity contribution in [3.05, 3.63) is 0 Å². The van der Waals surface area contributed by atoms with Crippen molar-refractivity contribution in [1.82, 2.24) is 5.32 Å². The average Bonchev–Trinajstić information content (AvgIpc) is 2.78. The van der Waals surface area contributed by atoms with Crippen molar-refractivity contribution in [1.29, 1.82) is 0 Å². The summed E-state index contributed by atoms with van der Waals surface area (Å²) in [5, 5.41) is 3.64. The van der Waals surface area contributed by atoms with E-state index in [4.69, 9.17) is 9.47 Å². The number of carbonyl (C=O) groups is 1. The molecule has 1 N–H and O–H groups in total. The molecule has 0 aromatic carbocycles. The molecule has 1 aliphatic heterocycles. The van der Waals surface area contributed by atoms with Crippen molar-refractivity contribution < 1.29 is 14.3 Å². The van der Waals surface area contributed by atoms with Gasteiger partial charge in [0, 0.05) is 25.5 Å². The Bertz CT molecular complexity index is 207. The topological polar surface area (TPSA) is 47.6 Å². The van der Waals surface area contributed by atoms with Gasteiger partial charge in [-0.05, 0) is 19.3 Å². The summed E-state index contributed by atoms with van der Waals surface area (Å²) in [6.07, 6.45) is 3.87. The molecule has 5 heteroatoms. The fraction of sp³-hybridized carbons (Fsp3) is 0.909. The maximum atomic E-state index is 11.6. The average molecular weight is 294 g/mol. The van der Waals surface area contributed by atoms with E-state index in [0.29, 0.717) is 18.4 Å². The van der Waals surface area contributed by atoms with Crippen molar-refractivity contribution in [2.24, 2.45) is 0 Å². The summed E-state index contributed by atoms with van der Waals surface area (Å²) in [6, 6.07) is 0.0574. The lowest BCUT2D eigenvalue weighted by molar-refractivity contribution is -0.122. The van der Waals surface area contributed by atoms with Crippen molar-refractivity contribution in [3.8, 4) is 0 Å². The van der Waals surface area contributed by atoms with Gasteiger partial charge in [0.05, 0.1) is 18.8 Å². The van der Waals surface area contributed by atoms with Gasteiger partial charge in [-0.1, -0.05) is 15.9 Å². The van der Waals surface area contributed by atoms with Crippen LogP contribution in [0, 0.1) is 0 Å². The highest BCUT2D eigenvalue weighted by Crippen LogP contribution is 2.16. The SMILES string of the molecule is COCC(CBr)NC(=O)CCC1CCCO1. The Hall–Kier alpha value is -0.130. The van der Waals surface area contributed by atoms with Crippen LogP contribution in [0.3, 0.4) is 0 Å². The molecule has 0 bridgehead atoms. The van der Waals surface area contributed by atoms with Crippen LogP contribution in [-0.2, 0) is 14.3 Å². The predicted octanol–water partition coefficient (Wildman–Crippen LogP) is 1.47. The van der Waals surface area contributed by atoms with Crippen LogP contribution in [0.2, 0.25) is 0 Å². The normalized spacial score (nSPS) is 22.0. The van der Waals surface area contributed by atoms with Crippen LogP contribution in [0.4, 0.5) is 0 Å². The van der Waals surface area contributed by atoms with E-state index in [1.54, 1.807) is 7.11 Å². The van der Waals surface area contributed by atoms with Gasteiger partial charge in [0.15, 0.2) is 0 Å². The minimum absolute atomic E-state index is 0.0574. The van der Waals surface area contributed by atoms with E-state index in [9.17, 15) is 4.79 Å². The van der Waals surface area contributed by atoms with Crippen LogP contribution in [0.25, 0.3) is 0 Å². The number of hydrogen-bond acceptors (Lipinski definition) is 3. The number of hydrogen-bond donors (Lipinski definition) is 1. The Labute approximate surface area is 105 Å². The van der Waals surface area contributed by atoms with E-state index in [1.165, 1.54) is 0 Å². The predicted molar refractivity (Wildman–Crippen MR) is 65.8 cm³/mol. The molecule has 2 atom stereocenters. The van der Waals surface area contributed by atoms with Crippen LogP contribution in [0.1, 0.15) is 25.7 Å². The number of ether oxygens (including phenoxy) is 2. The van der Waals surface area contributed by atoms with Gasteiger partial charge in [0.1, 0.15) is 0 Å². The molecule has 1 rings (SSSR count). The maximum absolute atomic E-state index is 11.6. The number of amides is 1. The van der Waals surface area contributed by atoms with Gasteiger partial charge in [-0.15, -0.1) is 0 Å². The first-order chi connectivity index (χ1) is 7.76. The van der Waals surface area contributed by atoms with Crippen molar-refractivity contribution in [2.75, 3.05) is 25.7 Å². The fourth-order valence-corrected chi connectivity index (χ4v) is 2.14. The van der Waals surface area contributed by atoms with E-state index in [1.807, 2.05) is 0 Å². The first-order valence-corrected chi connectivity index (χ1v) is 6.84. The lowest BCUT2D eigenvalue weighted by Crippen LogP contribution is -2.39. The zero-order chi connectivity index (χ0) is 11.8. The van der Waals surface area contributed by atoms with Gasteiger partial charge < -0.3 is 14.8 Å². The molecule has 0 spiro atoms. The fourth-order valence-electron chi connectivity index (χ4n) is 1.79. The molecular weight excluding hydrogens is 274 g/mol. The highest BCUT2D eigenvalue weighted by molar-refractivity contribution is 9.09. The zero-order valence-electron chi connectivity index (χ0n) is 9.71. The van der Waals surface area contributed by atoms with Gasteiger partial charge in [0.25, 0.3) is 0 Å². The number of halogens is 1. The summed E-state index contributed by atoms with van der Waals surface area (Å²) in [5.74, 6) is 0.0806.